The van der Waals surface area contributed by atoms with Crippen molar-refractivity contribution in [3.05, 3.63) is 48.8 Å². The molecule has 2 aromatic rings. The highest BCUT2D eigenvalue weighted by molar-refractivity contribution is 5.77. The van der Waals surface area contributed by atoms with Gasteiger partial charge >= 0.3 is 0 Å². The summed E-state index contributed by atoms with van der Waals surface area (Å²) in [5.74, 6) is 0.144. The van der Waals surface area contributed by atoms with Crippen LogP contribution in [0.5, 0.6) is 5.75 Å². The maximum absolute atomic E-state index is 13.5. The fraction of sp³-hybridized carbons (Fsp3) is 0.412. The lowest BCUT2D eigenvalue weighted by Gasteiger charge is -2.32. The fourth-order valence-electron chi connectivity index (χ4n) is 2.85. The predicted molar refractivity (Wildman–Crippen MR) is 83.4 cm³/mol. The second-order valence-corrected chi connectivity index (χ2v) is 5.80. The molecule has 0 radical (unpaired) electrons. The Hall–Kier alpha value is -2.37. The van der Waals surface area contributed by atoms with Gasteiger partial charge in [0.2, 0.25) is 0 Å². The number of hydrogen-bond donors (Lipinski definition) is 0. The number of carbonyl (C=O) groups is 1. The number of benzene rings is 1. The number of hydrogen-bond acceptors (Lipinski definition) is 3. The van der Waals surface area contributed by atoms with Gasteiger partial charge in [-0.05, 0) is 30.9 Å². The van der Waals surface area contributed by atoms with Crippen molar-refractivity contribution in [1.82, 2.24) is 14.5 Å². The van der Waals surface area contributed by atoms with Crippen molar-refractivity contribution < 1.29 is 13.9 Å². The molecule has 5 nitrogen and oxygen atoms in total. The molecule has 6 heteroatoms. The van der Waals surface area contributed by atoms with Crippen LogP contribution in [0.15, 0.2) is 43.0 Å². The minimum absolute atomic E-state index is 0.0886. The summed E-state index contributed by atoms with van der Waals surface area (Å²) in [6.07, 6.45) is 7.48. The van der Waals surface area contributed by atoms with Crippen LogP contribution in [0.1, 0.15) is 12.8 Å². The van der Waals surface area contributed by atoms with E-state index in [1.54, 1.807) is 23.2 Å². The highest BCUT2D eigenvalue weighted by atomic mass is 19.1. The molecule has 1 fully saturated rings. The first-order valence-corrected chi connectivity index (χ1v) is 7.83. The summed E-state index contributed by atoms with van der Waals surface area (Å²) >= 11 is 0. The minimum atomic E-state index is -0.445. The topological polar surface area (TPSA) is 47.4 Å². The molecule has 1 aliphatic heterocycles. The molecular formula is C17H20FN3O2. The Bertz CT molecular complexity index is 637. The van der Waals surface area contributed by atoms with Gasteiger partial charge in [0.15, 0.2) is 18.2 Å². The van der Waals surface area contributed by atoms with Crippen molar-refractivity contribution in [2.24, 2.45) is 5.92 Å². The number of ether oxygens (including phenoxy) is 1. The molecule has 0 unspecified atom stereocenters. The van der Waals surface area contributed by atoms with Gasteiger partial charge in [-0.1, -0.05) is 12.1 Å². The molecule has 3 rings (SSSR count). The van der Waals surface area contributed by atoms with Gasteiger partial charge in [-0.15, -0.1) is 0 Å². The zero-order chi connectivity index (χ0) is 16.1. The number of aromatic nitrogens is 2. The lowest BCUT2D eigenvalue weighted by atomic mass is 9.97. The van der Waals surface area contributed by atoms with Gasteiger partial charge in [-0.2, -0.15) is 0 Å². The van der Waals surface area contributed by atoms with Crippen molar-refractivity contribution in [3.8, 4) is 5.75 Å². The quantitative estimate of drug-likeness (QED) is 0.850. The number of imidazole rings is 1. The minimum Gasteiger partial charge on any atom is -0.481 e. The van der Waals surface area contributed by atoms with Gasteiger partial charge in [-0.25, -0.2) is 9.37 Å². The Morgan fingerprint density at radius 2 is 2.09 bits per heavy atom. The Labute approximate surface area is 134 Å². The average molecular weight is 317 g/mol. The normalized spacial score (nSPS) is 15.6. The number of amides is 1. The van der Waals surface area contributed by atoms with Crippen molar-refractivity contribution in [3.63, 3.8) is 0 Å². The highest BCUT2D eigenvalue weighted by Gasteiger charge is 2.23. The van der Waals surface area contributed by atoms with Crippen LogP contribution in [0.4, 0.5) is 4.39 Å². The van der Waals surface area contributed by atoms with E-state index in [4.69, 9.17) is 4.74 Å². The van der Waals surface area contributed by atoms with E-state index in [-0.39, 0.29) is 18.3 Å². The summed E-state index contributed by atoms with van der Waals surface area (Å²) in [5, 5.41) is 0. The maximum Gasteiger partial charge on any atom is 0.260 e. The van der Waals surface area contributed by atoms with E-state index in [1.807, 2.05) is 12.5 Å². The Morgan fingerprint density at radius 1 is 1.30 bits per heavy atom. The van der Waals surface area contributed by atoms with Crippen molar-refractivity contribution in [1.29, 1.82) is 0 Å². The number of carbonyl (C=O) groups excluding carboxylic acids is 1. The molecule has 1 saturated heterocycles. The molecular weight excluding hydrogens is 297 g/mol. The molecule has 1 aliphatic rings. The zero-order valence-electron chi connectivity index (χ0n) is 12.9. The molecule has 23 heavy (non-hydrogen) atoms. The molecule has 0 bridgehead atoms. The van der Waals surface area contributed by atoms with Crippen molar-refractivity contribution >= 4 is 5.91 Å². The largest absolute Gasteiger partial charge is 0.481 e. The van der Waals surface area contributed by atoms with E-state index >= 15 is 0 Å². The lowest BCUT2D eigenvalue weighted by molar-refractivity contribution is -0.134. The standard InChI is InChI=1S/C17H20FN3O2/c18-15-3-1-2-4-16(15)23-12-17(22)21-8-5-14(6-9-21)11-20-10-7-19-13-20/h1-4,7,10,13-14H,5-6,8-9,11-12H2. The maximum atomic E-state index is 13.5. The molecule has 0 N–H and O–H groups in total. The van der Waals surface area contributed by atoms with Crippen LogP contribution >= 0.6 is 0 Å². The highest BCUT2D eigenvalue weighted by Crippen LogP contribution is 2.20. The van der Waals surface area contributed by atoms with Crippen LogP contribution in [0.3, 0.4) is 0 Å². The predicted octanol–water partition coefficient (Wildman–Crippen LogP) is 2.34. The van der Waals surface area contributed by atoms with E-state index < -0.39 is 5.82 Å². The Morgan fingerprint density at radius 3 is 2.78 bits per heavy atom. The van der Waals surface area contributed by atoms with Gasteiger partial charge in [0.25, 0.3) is 5.91 Å². The van der Waals surface area contributed by atoms with Gasteiger partial charge in [0, 0.05) is 32.0 Å². The molecule has 2 heterocycles. The molecule has 1 aromatic carbocycles. The van der Waals surface area contributed by atoms with Crippen molar-refractivity contribution in [2.45, 2.75) is 19.4 Å². The Kier molecular flexibility index (Phi) is 4.90. The van der Waals surface area contributed by atoms with E-state index in [0.29, 0.717) is 5.92 Å². The molecule has 0 spiro atoms. The third-order valence-electron chi connectivity index (χ3n) is 4.18. The van der Waals surface area contributed by atoms with E-state index in [9.17, 15) is 9.18 Å². The van der Waals surface area contributed by atoms with Gasteiger partial charge in [0.1, 0.15) is 0 Å². The summed E-state index contributed by atoms with van der Waals surface area (Å²) in [5.41, 5.74) is 0. The van der Waals surface area contributed by atoms with E-state index in [2.05, 4.69) is 9.55 Å². The van der Waals surface area contributed by atoms with Crippen molar-refractivity contribution in [2.75, 3.05) is 19.7 Å². The molecule has 0 atom stereocenters. The zero-order valence-corrected chi connectivity index (χ0v) is 12.9. The van der Waals surface area contributed by atoms with Crippen LogP contribution in [-0.2, 0) is 11.3 Å². The van der Waals surface area contributed by atoms with Crippen LogP contribution in [0.2, 0.25) is 0 Å². The number of para-hydroxylation sites is 1. The second kappa shape index (κ2) is 7.26. The molecule has 0 saturated carbocycles. The first-order chi connectivity index (χ1) is 11.2. The van der Waals surface area contributed by atoms with Gasteiger partial charge in [0.05, 0.1) is 6.33 Å². The number of piperidine rings is 1. The monoisotopic (exact) mass is 317 g/mol. The third kappa shape index (κ3) is 4.09. The smallest absolute Gasteiger partial charge is 0.260 e. The van der Waals surface area contributed by atoms with Crippen LogP contribution < -0.4 is 4.74 Å². The Balaban J connectivity index is 1.44. The van der Waals surface area contributed by atoms with Gasteiger partial charge < -0.3 is 14.2 Å². The van der Waals surface area contributed by atoms with Crippen LogP contribution in [0, 0.1) is 11.7 Å². The summed E-state index contributed by atoms with van der Waals surface area (Å²) < 4.78 is 20.8. The molecule has 122 valence electrons. The number of halogens is 1. The van der Waals surface area contributed by atoms with Crippen LogP contribution in [0.25, 0.3) is 0 Å². The summed E-state index contributed by atoms with van der Waals surface area (Å²) in [6, 6.07) is 6.13. The van der Waals surface area contributed by atoms with E-state index in [0.717, 1.165) is 32.5 Å². The number of nitrogens with zero attached hydrogens (tertiary/aromatic N) is 3. The summed E-state index contributed by atoms with van der Waals surface area (Å²) in [7, 11) is 0. The second-order valence-electron chi connectivity index (χ2n) is 5.80. The van der Waals surface area contributed by atoms with Gasteiger partial charge in [-0.3, -0.25) is 4.79 Å². The summed E-state index contributed by atoms with van der Waals surface area (Å²) in [4.78, 5) is 18.0. The first kappa shape index (κ1) is 15.5. The molecule has 1 aromatic heterocycles. The molecule has 0 aliphatic carbocycles. The SMILES string of the molecule is O=C(COc1ccccc1F)N1CCC(Cn2ccnc2)CC1. The average Bonchev–Trinajstić information content (AvgIpc) is 3.07. The fourth-order valence-corrected chi connectivity index (χ4v) is 2.85. The van der Waals surface area contributed by atoms with Crippen LogP contribution in [-0.4, -0.2) is 40.1 Å². The first-order valence-electron chi connectivity index (χ1n) is 7.83. The van der Waals surface area contributed by atoms with E-state index in [1.165, 1.54) is 12.1 Å². The third-order valence-corrected chi connectivity index (χ3v) is 4.18. The molecule has 1 amide bonds. The number of rotatable bonds is 5. The summed E-state index contributed by atoms with van der Waals surface area (Å²) in [6.45, 7) is 2.26. The number of likely N-dealkylation sites (tertiary alicyclic amines) is 1. The lowest BCUT2D eigenvalue weighted by Crippen LogP contribution is -2.41.